The zero-order valence-electron chi connectivity index (χ0n) is 13.2. The van der Waals surface area contributed by atoms with Crippen LogP contribution in [0.4, 0.5) is 0 Å². The molecule has 0 aliphatic heterocycles. The third-order valence-electron chi connectivity index (χ3n) is 3.77. The largest absolute Gasteiger partial charge is 0.497 e. The molecule has 0 spiro atoms. The second kappa shape index (κ2) is 6.34. The average molecular weight is 329 g/mol. The van der Waals surface area contributed by atoms with E-state index in [1.54, 1.807) is 14.2 Å². The van der Waals surface area contributed by atoms with E-state index in [4.69, 9.17) is 21.1 Å². The van der Waals surface area contributed by atoms with Gasteiger partial charge in [0.15, 0.2) is 0 Å². The first-order chi connectivity index (χ1) is 11.1. The SMILES string of the molecule is COc1ccc(-c2nc(Cl)n(C)c2-c2ccc(OC)cc2)cc1. The highest BCUT2D eigenvalue weighted by Gasteiger charge is 2.17. The number of aromatic nitrogens is 2. The van der Waals surface area contributed by atoms with Gasteiger partial charge < -0.3 is 14.0 Å². The molecule has 0 atom stereocenters. The van der Waals surface area contributed by atoms with E-state index < -0.39 is 0 Å². The molecule has 1 aromatic heterocycles. The van der Waals surface area contributed by atoms with Crippen LogP contribution in [0.15, 0.2) is 48.5 Å². The highest BCUT2D eigenvalue weighted by molar-refractivity contribution is 6.29. The minimum absolute atomic E-state index is 0.446. The lowest BCUT2D eigenvalue weighted by molar-refractivity contribution is 0.414. The lowest BCUT2D eigenvalue weighted by Crippen LogP contribution is -1.93. The molecule has 0 saturated heterocycles. The van der Waals surface area contributed by atoms with Gasteiger partial charge in [-0.2, -0.15) is 0 Å². The summed E-state index contributed by atoms with van der Waals surface area (Å²) in [5.41, 5.74) is 3.81. The van der Waals surface area contributed by atoms with Gasteiger partial charge in [-0.15, -0.1) is 0 Å². The van der Waals surface area contributed by atoms with Gasteiger partial charge in [-0.3, -0.25) is 0 Å². The number of imidazole rings is 1. The zero-order chi connectivity index (χ0) is 16.4. The summed E-state index contributed by atoms with van der Waals surface area (Å²) in [6.07, 6.45) is 0. The summed E-state index contributed by atoms with van der Waals surface area (Å²) >= 11 is 6.25. The molecule has 0 N–H and O–H groups in total. The third kappa shape index (κ3) is 2.90. The first kappa shape index (κ1) is 15.4. The van der Waals surface area contributed by atoms with Crippen molar-refractivity contribution in [3.63, 3.8) is 0 Å². The van der Waals surface area contributed by atoms with Gasteiger partial charge >= 0.3 is 0 Å². The molecule has 0 aliphatic carbocycles. The van der Waals surface area contributed by atoms with Crippen LogP contribution < -0.4 is 9.47 Å². The fourth-order valence-electron chi connectivity index (χ4n) is 2.50. The first-order valence-electron chi connectivity index (χ1n) is 7.15. The predicted molar refractivity (Wildman–Crippen MR) is 92.2 cm³/mol. The second-order valence-electron chi connectivity index (χ2n) is 5.09. The van der Waals surface area contributed by atoms with E-state index in [9.17, 15) is 0 Å². The number of rotatable bonds is 4. The Balaban J connectivity index is 2.11. The molecule has 4 nitrogen and oxygen atoms in total. The fourth-order valence-corrected chi connectivity index (χ4v) is 2.67. The number of ether oxygens (including phenoxy) is 2. The van der Waals surface area contributed by atoms with Crippen LogP contribution in [0.3, 0.4) is 0 Å². The van der Waals surface area contributed by atoms with E-state index in [0.29, 0.717) is 5.28 Å². The minimum Gasteiger partial charge on any atom is -0.497 e. The van der Waals surface area contributed by atoms with Gasteiger partial charge in [-0.1, -0.05) is 0 Å². The van der Waals surface area contributed by atoms with Crippen molar-refractivity contribution >= 4 is 11.6 Å². The molecule has 2 aromatic carbocycles. The average Bonchev–Trinajstić information content (AvgIpc) is 2.90. The molecule has 1 heterocycles. The highest BCUT2D eigenvalue weighted by Crippen LogP contribution is 2.35. The smallest absolute Gasteiger partial charge is 0.203 e. The maximum Gasteiger partial charge on any atom is 0.203 e. The lowest BCUT2D eigenvalue weighted by Gasteiger charge is -2.08. The number of hydrogen-bond acceptors (Lipinski definition) is 3. The van der Waals surface area contributed by atoms with E-state index in [0.717, 1.165) is 34.0 Å². The van der Waals surface area contributed by atoms with Gasteiger partial charge in [0.05, 0.1) is 25.6 Å². The monoisotopic (exact) mass is 328 g/mol. The van der Waals surface area contributed by atoms with Crippen LogP contribution in [-0.4, -0.2) is 23.8 Å². The summed E-state index contributed by atoms with van der Waals surface area (Å²) in [6, 6.07) is 15.6. The number of hydrogen-bond donors (Lipinski definition) is 0. The van der Waals surface area contributed by atoms with Gasteiger partial charge in [-0.05, 0) is 60.1 Å². The van der Waals surface area contributed by atoms with Gasteiger partial charge in [-0.25, -0.2) is 4.98 Å². The van der Waals surface area contributed by atoms with Crippen LogP contribution in [0.25, 0.3) is 22.5 Å². The number of benzene rings is 2. The van der Waals surface area contributed by atoms with Crippen LogP contribution in [0, 0.1) is 0 Å². The van der Waals surface area contributed by atoms with Gasteiger partial charge in [0.2, 0.25) is 5.28 Å². The van der Waals surface area contributed by atoms with Crippen molar-refractivity contribution in [2.75, 3.05) is 14.2 Å². The van der Waals surface area contributed by atoms with Crippen molar-refractivity contribution in [3.05, 3.63) is 53.8 Å². The molecule has 23 heavy (non-hydrogen) atoms. The number of nitrogens with zero attached hydrogens (tertiary/aromatic N) is 2. The van der Waals surface area contributed by atoms with Crippen LogP contribution in [-0.2, 0) is 7.05 Å². The summed E-state index contributed by atoms with van der Waals surface area (Å²) in [6.45, 7) is 0. The molecule has 0 unspecified atom stereocenters. The maximum absolute atomic E-state index is 6.25. The standard InChI is InChI=1S/C18H17ClN2O2/c1-21-17(13-6-10-15(23-3)11-7-13)16(20-18(21)19)12-4-8-14(22-2)9-5-12/h4-11H,1-3H3. The highest BCUT2D eigenvalue weighted by atomic mass is 35.5. The number of methoxy groups -OCH3 is 2. The van der Waals surface area contributed by atoms with Crippen molar-refractivity contribution in [2.45, 2.75) is 0 Å². The Bertz CT molecular complexity index is 808. The van der Waals surface area contributed by atoms with E-state index in [1.165, 1.54) is 0 Å². The molecule has 118 valence electrons. The molecule has 0 bridgehead atoms. The molecule has 0 radical (unpaired) electrons. The first-order valence-corrected chi connectivity index (χ1v) is 7.53. The van der Waals surface area contributed by atoms with Crippen LogP contribution in [0.5, 0.6) is 11.5 Å². The zero-order valence-corrected chi connectivity index (χ0v) is 14.0. The molecule has 3 aromatic rings. The van der Waals surface area contributed by atoms with Crippen molar-refractivity contribution in [2.24, 2.45) is 7.05 Å². The number of halogens is 1. The van der Waals surface area contributed by atoms with E-state index in [-0.39, 0.29) is 0 Å². The topological polar surface area (TPSA) is 36.3 Å². The Hall–Kier alpha value is -2.46. The third-order valence-corrected chi connectivity index (χ3v) is 4.11. The van der Waals surface area contributed by atoms with Gasteiger partial charge in [0.1, 0.15) is 11.5 Å². The lowest BCUT2D eigenvalue weighted by atomic mass is 10.0. The Morgan fingerprint density at radius 1 is 0.826 bits per heavy atom. The van der Waals surface area contributed by atoms with Crippen molar-refractivity contribution in [1.82, 2.24) is 9.55 Å². The quantitative estimate of drug-likeness (QED) is 0.711. The summed E-state index contributed by atoms with van der Waals surface area (Å²) in [5.74, 6) is 1.62. The van der Waals surface area contributed by atoms with Crippen molar-refractivity contribution in [1.29, 1.82) is 0 Å². The van der Waals surface area contributed by atoms with E-state index in [1.807, 2.05) is 60.1 Å². The minimum atomic E-state index is 0.446. The molecular weight excluding hydrogens is 312 g/mol. The normalized spacial score (nSPS) is 10.6. The summed E-state index contributed by atoms with van der Waals surface area (Å²) in [5, 5.41) is 0.446. The Kier molecular flexibility index (Phi) is 4.26. The summed E-state index contributed by atoms with van der Waals surface area (Å²) < 4.78 is 12.3. The second-order valence-corrected chi connectivity index (χ2v) is 5.43. The van der Waals surface area contributed by atoms with E-state index in [2.05, 4.69) is 4.98 Å². The molecule has 0 amide bonds. The summed E-state index contributed by atoms with van der Waals surface area (Å²) in [4.78, 5) is 4.51. The molecular formula is C18H17ClN2O2. The van der Waals surface area contributed by atoms with Gasteiger partial charge in [0, 0.05) is 18.2 Å². The summed E-state index contributed by atoms with van der Waals surface area (Å²) in [7, 11) is 5.20. The van der Waals surface area contributed by atoms with Gasteiger partial charge in [0.25, 0.3) is 0 Å². The van der Waals surface area contributed by atoms with Crippen LogP contribution in [0.1, 0.15) is 0 Å². The Labute approximate surface area is 140 Å². The molecule has 3 rings (SSSR count). The predicted octanol–water partition coefficient (Wildman–Crippen LogP) is 4.42. The Morgan fingerprint density at radius 3 is 1.78 bits per heavy atom. The molecule has 0 aliphatic rings. The van der Waals surface area contributed by atoms with Crippen LogP contribution in [0.2, 0.25) is 5.28 Å². The molecule has 0 fully saturated rings. The Morgan fingerprint density at radius 2 is 1.30 bits per heavy atom. The van der Waals surface area contributed by atoms with Crippen molar-refractivity contribution < 1.29 is 9.47 Å². The van der Waals surface area contributed by atoms with E-state index >= 15 is 0 Å². The molecule has 0 saturated carbocycles. The van der Waals surface area contributed by atoms with Crippen LogP contribution >= 0.6 is 11.6 Å². The molecule has 5 heteroatoms. The maximum atomic E-state index is 6.25. The fraction of sp³-hybridized carbons (Fsp3) is 0.167. The van der Waals surface area contributed by atoms with Crippen molar-refractivity contribution in [3.8, 4) is 34.0 Å².